The Bertz CT molecular complexity index is 707. The first kappa shape index (κ1) is 18.6. The van der Waals surface area contributed by atoms with Crippen molar-refractivity contribution in [1.82, 2.24) is 4.90 Å². The molecule has 0 aromatic heterocycles. The maximum absolute atomic E-state index is 12.4. The van der Waals surface area contributed by atoms with Crippen molar-refractivity contribution < 1.29 is 31.8 Å². The third kappa shape index (κ3) is 5.66. The van der Waals surface area contributed by atoms with Gasteiger partial charge in [-0.25, -0.2) is 0 Å². The molecule has 0 atom stereocenters. The fourth-order valence-electron chi connectivity index (χ4n) is 2.15. The fourth-order valence-corrected chi connectivity index (χ4v) is 2.15. The Morgan fingerprint density at radius 3 is 2.16 bits per heavy atom. The van der Waals surface area contributed by atoms with E-state index in [2.05, 4.69) is 9.47 Å². The van der Waals surface area contributed by atoms with Crippen molar-refractivity contribution in [1.29, 1.82) is 0 Å². The van der Waals surface area contributed by atoms with E-state index in [1.165, 1.54) is 48.3 Å². The van der Waals surface area contributed by atoms with Crippen LogP contribution in [0.5, 0.6) is 11.5 Å². The molecule has 134 valence electrons. The van der Waals surface area contributed by atoms with Gasteiger partial charge in [-0.3, -0.25) is 4.79 Å². The van der Waals surface area contributed by atoms with Gasteiger partial charge in [0.25, 0.3) is 5.91 Å². The van der Waals surface area contributed by atoms with Crippen LogP contribution in [0.25, 0.3) is 0 Å². The number of amides is 1. The summed E-state index contributed by atoms with van der Waals surface area (Å²) in [6, 6.07) is 11.3. The van der Waals surface area contributed by atoms with Crippen molar-refractivity contribution >= 4 is 5.91 Å². The van der Waals surface area contributed by atoms with Crippen LogP contribution in [0.4, 0.5) is 17.6 Å². The first-order valence-electron chi connectivity index (χ1n) is 7.19. The average Bonchev–Trinajstić information content (AvgIpc) is 2.55. The predicted molar refractivity (Wildman–Crippen MR) is 81.9 cm³/mol. The number of ether oxygens (including phenoxy) is 2. The minimum atomic E-state index is -2.97. The van der Waals surface area contributed by atoms with Crippen LogP contribution in [0.15, 0.2) is 48.5 Å². The Morgan fingerprint density at radius 2 is 1.56 bits per heavy atom. The fraction of sp³-hybridized carbons (Fsp3) is 0.235. The largest absolute Gasteiger partial charge is 0.435 e. The topological polar surface area (TPSA) is 38.8 Å². The molecule has 2 rings (SSSR count). The van der Waals surface area contributed by atoms with Gasteiger partial charge in [0.2, 0.25) is 0 Å². The van der Waals surface area contributed by atoms with Crippen LogP contribution >= 0.6 is 0 Å². The van der Waals surface area contributed by atoms with Crippen LogP contribution in [-0.2, 0) is 6.54 Å². The average molecular weight is 357 g/mol. The maximum atomic E-state index is 12.4. The SMILES string of the molecule is CN(Cc1ccc(OC(F)F)cc1)C(=O)c1cccc(OC(F)F)c1. The highest BCUT2D eigenvalue weighted by Gasteiger charge is 2.14. The number of carbonyl (C=O) groups excluding carboxylic acids is 1. The van der Waals surface area contributed by atoms with E-state index in [0.717, 1.165) is 0 Å². The third-order valence-electron chi connectivity index (χ3n) is 3.22. The molecule has 0 radical (unpaired) electrons. The standard InChI is InChI=1S/C17H15F4NO3/c1-22(10-11-5-7-13(8-6-11)24-16(18)19)15(23)12-3-2-4-14(9-12)25-17(20)21/h2-9,16-17H,10H2,1H3. The van der Waals surface area contributed by atoms with E-state index in [1.807, 2.05) is 0 Å². The number of hydrogen-bond acceptors (Lipinski definition) is 3. The highest BCUT2D eigenvalue weighted by Crippen LogP contribution is 2.19. The van der Waals surface area contributed by atoms with Crippen molar-refractivity contribution in [3.63, 3.8) is 0 Å². The third-order valence-corrected chi connectivity index (χ3v) is 3.22. The summed E-state index contributed by atoms with van der Waals surface area (Å²) in [5.41, 5.74) is 0.885. The molecular weight excluding hydrogens is 342 g/mol. The molecule has 0 bridgehead atoms. The van der Waals surface area contributed by atoms with E-state index in [9.17, 15) is 22.4 Å². The summed E-state index contributed by atoms with van der Waals surface area (Å²) in [5, 5.41) is 0. The zero-order valence-corrected chi connectivity index (χ0v) is 13.2. The van der Waals surface area contributed by atoms with Gasteiger partial charge in [-0.05, 0) is 35.9 Å². The molecule has 0 aliphatic carbocycles. The van der Waals surface area contributed by atoms with E-state index in [1.54, 1.807) is 12.1 Å². The summed E-state index contributed by atoms with van der Waals surface area (Å²) in [5.74, 6) is -0.486. The van der Waals surface area contributed by atoms with Gasteiger partial charge in [-0.15, -0.1) is 0 Å². The number of benzene rings is 2. The second kappa shape index (κ2) is 8.36. The zero-order chi connectivity index (χ0) is 18.4. The first-order valence-corrected chi connectivity index (χ1v) is 7.19. The van der Waals surface area contributed by atoms with E-state index in [-0.39, 0.29) is 23.6 Å². The van der Waals surface area contributed by atoms with Gasteiger partial charge in [0, 0.05) is 19.2 Å². The molecule has 8 heteroatoms. The summed E-state index contributed by atoms with van der Waals surface area (Å²) in [7, 11) is 1.53. The van der Waals surface area contributed by atoms with Crippen molar-refractivity contribution in [2.24, 2.45) is 0 Å². The molecule has 0 saturated carbocycles. The molecule has 0 aliphatic heterocycles. The summed E-state index contributed by atoms with van der Waals surface area (Å²) < 4.78 is 57.2. The molecule has 0 fully saturated rings. The van der Waals surface area contributed by atoms with E-state index in [0.29, 0.717) is 5.56 Å². The molecule has 0 aliphatic rings. The lowest BCUT2D eigenvalue weighted by Gasteiger charge is -2.18. The Hall–Kier alpha value is -2.77. The predicted octanol–water partition coefficient (Wildman–Crippen LogP) is 4.16. The Balaban J connectivity index is 2.02. The summed E-state index contributed by atoms with van der Waals surface area (Å²) in [6.07, 6.45) is 0. The zero-order valence-electron chi connectivity index (χ0n) is 13.2. The molecule has 1 amide bonds. The van der Waals surface area contributed by atoms with E-state index in [4.69, 9.17) is 0 Å². The molecule has 4 nitrogen and oxygen atoms in total. The minimum absolute atomic E-state index is 0.0181. The first-order chi connectivity index (χ1) is 11.8. The van der Waals surface area contributed by atoms with Crippen LogP contribution in [-0.4, -0.2) is 31.1 Å². The van der Waals surface area contributed by atoms with Crippen LogP contribution in [0, 0.1) is 0 Å². The Morgan fingerprint density at radius 1 is 0.960 bits per heavy atom. The molecule has 0 unspecified atom stereocenters. The van der Waals surface area contributed by atoms with Gasteiger partial charge in [0.1, 0.15) is 11.5 Å². The van der Waals surface area contributed by atoms with Gasteiger partial charge in [0.05, 0.1) is 0 Å². The quantitative estimate of drug-likeness (QED) is 0.699. The molecule has 2 aromatic carbocycles. The number of hydrogen-bond donors (Lipinski definition) is 0. The lowest BCUT2D eigenvalue weighted by atomic mass is 10.1. The highest BCUT2D eigenvalue weighted by atomic mass is 19.3. The van der Waals surface area contributed by atoms with Crippen molar-refractivity contribution in [2.45, 2.75) is 19.8 Å². The molecule has 0 N–H and O–H groups in total. The Labute approximate surface area is 141 Å². The van der Waals surface area contributed by atoms with Crippen LogP contribution in [0.2, 0.25) is 0 Å². The monoisotopic (exact) mass is 357 g/mol. The molecule has 25 heavy (non-hydrogen) atoms. The molecule has 2 aromatic rings. The summed E-state index contributed by atoms with van der Waals surface area (Å²) in [4.78, 5) is 13.7. The van der Waals surface area contributed by atoms with Crippen LogP contribution in [0.3, 0.4) is 0 Å². The van der Waals surface area contributed by atoms with Crippen LogP contribution in [0.1, 0.15) is 15.9 Å². The van der Waals surface area contributed by atoms with Crippen molar-refractivity contribution in [3.8, 4) is 11.5 Å². The summed E-state index contributed by atoms with van der Waals surface area (Å²) in [6.45, 7) is -5.68. The number of rotatable bonds is 7. The number of halogens is 4. The van der Waals surface area contributed by atoms with Crippen LogP contribution < -0.4 is 9.47 Å². The van der Waals surface area contributed by atoms with Gasteiger partial charge in [0.15, 0.2) is 0 Å². The number of nitrogens with zero attached hydrogens (tertiary/aromatic N) is 1. The summed E-state index contributed by atoms with van der Waals surface area (Å²) >= 11 is 0. The van der Waals surface area contributed by atoms with Gasteiger partial charge in [-0.2, -0.15) is 17.6 Å². The number of carbonyl (C=O) groups is 1. The van der Waals surface area contributed by atoms with Gasteiger partial charge < -0.3 is 14.4 Å². The van der Waals surface area contributed by atoms with Crippen molar-refractivity contribution in [3.05, 3.63) is 59.7 Å². The maximum Gasteiger partial charge on any atom is 0.387 e. The molecule has 0 saturated heterocycles. The molecule has 0 heterocycles. The lowest BCUT2D eigenvalue weighted by molar-refractivity contribution is -0.0505. The van der Waals surface area contributed by atoms with Gasteiger partial charge in [-0.1, -0.05) is 18.2 Å². The Kier molecular flexibility index (Phi) is 6.21. The smallest absolute Gasteiger partial charge is 0.387 e. The normalized spacial score (nSPS) is 10.8. The lowest BCUT2D eigenvalue weighted by Crippen LogP contribution is -2.26. The minimum Gasteiger partial charge on any atom is -0.435 e. The second-order valence-electron chi connectivity index (χ2n) is 5.09. The van der Waals surface area contributed by atoms with Gasteiger partial charge >= 0.3 is 13.2 Å². The number of alkyl halides is 4. The second-order valence-corrected chi connectivity index (χ2v) is 5.09. The van der Waals surface area contributed by atoms with E-state index >= 15 is 0 Å². The highest BCUT2D eigenvalue weighted by molar-refractivity contribution is 5.94. The molecular formula is C17H15F4NO3. The van der Waals surface area contributed by atoms with E-state index < -0.39 is 19.1 Å². The van der Waals surface area contributed by atoms with Crippen molar-refractivity contribution in [2.75, 3.05) is 7.05 Å². The molecule has 0 spiro atoms.